The van der Waals surface area contributed by atoms with Crippen LogP contribution < -0.4 is 0 Å². The zero-order valence-corrected chi connectivity index (χ0v) is 13.9. The normalized spacial score (nSPS) is 18.6. The molecule has 1 aromatic heterocycles. The van der Waals surface area contributed by atoms with Crippen molar-refractivity contribution in [3.63, 3.8) is 0 Å². The second-order valence-corrected chi connectivity index (χ2v) is 6.24. The highest BCUT2D eigenvalue weighted by atomic mass is 16.5. The van der Waals surface area contributed by atoms with Crippen LogP contribution in [0.15, 0.2) is 40.9 Å². The van der Waals surface area contributed by atoms with Crippen molar-refractivity contribution in [3.05, 3.63) is 53.4 Å². The maximum atomic E-state index is 12.2. The summed E-state index contributed by atoms with van der Waals surface area (Å²) in [5, 5.41) is 3.90. The van der Waals surface area contributed by atoms with E-state index in [9.17, 15) is 4.79 Å². The van der Waals surface area contributed by atoms with Gasteiger partial charge in [0.1, 0.15) is 11.8 Å². The summed E-state index contributed by atoms with van der Waals surface area (Å²) in [6.07, 6.45) is 2.13. The van der Waals surface area contributed by atoms with E-state index in [4.69, 9.17) is 14.0 Å². The molecule has 5 heteroatoms. The number of carbonyl (C=O) groups is 1. The first-order chi connectivity index (χ1) is 11.7. The van der Waals surface area contributed by atoms with Gasteiger partial charge in [-0.15, -0.1) is 0 Å². The molecule has 1 aliphatic heterocycles. The molecular formula is C19H23NO4. The molecular weight excluding hydrogens is 306 g/mol. The zero-order chi connectivity index (χ0) is 16.8. The summed E-state index contributed by atoms with van der Waals surface area (Å²) < 4.78 is 16.4. The van der Waals surface area contributed by atoms with Crippen molar-refractivity contribution >= 4 is 5.78 Å². The molecule has 24 heavy (non-hydrogen) atoms. The highest BCUT2D eigenvalue weighted by Gasteiger charge is 2.20. The number of ether oxygens (including phenoxy) is 2. The molecule has 2 aromatic rings. The molecule has 1 saturated heterocycles. The van der Waals surface area contributed by atoms with E-state index in [0.29, 0.717) is 30.4 Å². The van der Waals surface area contributed by atoms with Crippen LogP contribution in [-0.4, -0.2) is 24.2 Å². The topological polar surface area (TPSA) is 61.6 Å². The first-order valence-corrected chi connectivity index (χ1v) is 8.45. The smallest absolute Gasteiger partial charge is 0.184 e. The molecule has 5 nitrogen and oxygen atoms in total. The van der Waals surface area contributed by atoms with Gasteiger partial charge < -0.3 is 14.0 Å². The minimum Gasteiger partial charge on any atom is -0.381 e. The first kappa shape index (κ1) is 16.9. The molecule has 0 bridgehead atoms. The number of benzene rings is 1. The SMILES string of the molecule is CC(OCc1ccccc1)c1cc(C(=O)CCC2CCOC2)no1. The summed E-state index contributed by atoms with van der Waals surface area (Å²) in [4.78, 5) is 12.2. The van der Waals surface area contributed by atoms with E-state index in [1.165, 1.54) is 0 Å². The molecule has 0 radical (unpaired) electrons. The minimum absolute atomic E-state index is 0.0205. The Morgan fingerprint density at radius 2 is 2.21 bits per heavy atom. The Bertz CT molecular complexity index is 646. The van der Waals surface area contributed by atoms with Gasteiger partial charge in [0.2, 0.25) is 0 Å². The van der Waals surface area contributed by atoms with E-state index < -0.39 is 0 Å². The average molecular weight is 329 g/mol. The van der Waals surface area contributed by atoms with Gasteiger partial charge in [-0.05, 0) is 31.2 Å². The lowest BCUT2D eigenvalue weighted by Gasteiger charge is -2.09. The molecule has 2 heterocycles. The van der Waals surface area contributed by atoms with E-state index in [1.807, 2.05) is 37.3 Å². The van der Waals surface area contributed by atoms with Gasteiger partial charge in [0.05, 0.1) is 6.61 Å². The van der Waals surface area contributed by atoms with E-state index in [1.54, 1.807) is 6.07 Å². The molecule has 0 amide bonds. The van der Waals surface area contributed by atoms with E-state index in [2.05, 4.69) is 5.16 Å². The fraction of sp³-hybridized carbons (Fsp3) is 0.474. The van der Waals surface area contributed by atoms with Crippen molar-refractivity contribution in [2.45, 2.75) is 38.9 Å². The van der Waals surface area contributed by atoms with E-state index in [0.717, 1.165) is 31.6 Å². The van der Waals surface area contributed by atoms with Gasteiger partial charge in [-0.2, -0.15) is 0 Å². The van der Waals surface area contributed by atoms with Crippen molar-refractivity contribution in [1.82, 2.24) is 5.16 Å². The number of aromatic nitrogens is 1. The third-order valence-corrected chi connectivity index (χ3v) is 4.36. The molecule has 1 fully saturated rings. The van der Waals surface area contributed by atoms with Crippen molar-refractivity contribution in [2.24, 2.45) is 5.92 Å². The lowest BCUT2D eigenvalue weighted by atomic mass is 10.00. The standard InChI is InChI=1S/C19H23NO4/c1-14(23-13-15-5-3-2-4-6-15)19-11-17(20-24-19)18(21)8-7-16-9-10-22-12-16/h2-6,11,14,16H,7-10,12-13H2,1H3. The van der Waals surface area contributed by atoms with Gasteiger partial charge in [0, 0.05) is 25.7 Å². The van der Waals surface area contributed by atoms with Gasteiger partial charge in [-0.25, -0.2) is 0 Å². The van der Waals surface area contributed by atoms with Crippen LogP contribution in [0.1, 0.15) is 54.1 Å². The Hall–Kier alpha value is -1.98. The Kier molecular flexibility index (Phi) is 5.77. The molecule has 2 atom stereocenters. The number of hydrogen-bond acceptors (Lipinski definition) is 5. The van der Waals surface area contributed by atoms with Gasteiger partial charge in [0.25, 0.3) is 0 Å². The Balaban J connectivity index is 1.49. The number of carbonyl (C=O) groups excluding carboxylic acids is 1. The maximum absolute atomic E-state index is 12.2. The van der Waals surface area contributed by atoms with Gasteiger partial charge in [-0.1, -0.05) is 35.5 Å². The second kappa shape index (κ2) is 8.22. The van der Waals surface area contributed by atoms with Crippen LogP contribution in [0.3, 0.4) is 0 Å². The van der Waals surface area contributed by atoms with Crippen LogP contribution in [0, 0.1) is 5.92 Å². The first-order valence-electron chi connectivity index (χ1n) is 8.45. The Morgan fingerprint density at radius 1 is 1.38 bits per heavy atom. The van der Waals surface area contributed by atoms with Crippen LogP contribution >= 0.6 is 0 Å². The second-order valence-electron chi connectivity index (χ2n) is 6.24. The van der Waals surface area contributed by atoms with E-state index in [-0.39, 0.29) is 11.9 Å². The highest BCUT2D eigenvalue weighted by molar-refractivity contribution is 5.94. The van der Waals surface area contributed by atoms with Crippen LogP contribution in [-0.2, 0) is 16.1 Å². The predicted molar refractivity (Wildman–Crippen MR) is 88.6 cm³/mol. The van der Waals surface area contributed by atoms with Crippen LogP contribution in [0.2, 0.25) is 0 Å². The summed E-state index contributed by atoms with van der Waals surface area (Å²) >= 11 is 0. The maximum Gasteiger partial charge on any atom is 0.184 e. The van der Waals surface area contributed by atoms with Crippen molar-refractivity contribution in [3.8, 4) is 0 Å². The number of Topliss-reactive ketones (excluding diaryl/α,β-unsaturated/α-hetero) is 1. The molecule has 128 valence electrons. The molecule has 0 spiro atoms. The van der Waals surface area contributed by atoms with Crippen molar-refractivity contribution in [2.75, 3.05) is 13.2 Å². The molecule has 0 saturated carbocycles. The van der Waals surface area contributed by atoms with E-state index >= 15 is 0 Å². The Labute approximate surface area is 141 Å². The fourth-order valence-corrected chi connectivity index (χ4v) is 2.76. The summed E-state index contributed by atoms with van der Waals surface area (Å²) in [6, 6.07) is 11.6. The molecule has 2 unspecified atom stereocenters. The van der Waals surface area contributed by atoms with Crippen molar-refractivity contribution < 1.29 is 18.8 Å². The van der Waals surface area contributed by atoms with Gasteiger partial charge >= 0.3 is 0 Å². The summed E-state index contributed by atoms with van der Waals surface area (Å²) in [6.45, 7) is 3.96. The van der Waals surface area contributed by atoms with Crippen LogP contribution in [0.25, 0.3) is 0 Å². The van der Waals surface area contributed by atoms with Crippen LogP contribution in [0.4, 0.5) is 0 Å². The number of ketones is 1. The average Bonchev–Trinajstić information content (AvgIpc) is 3.30. The largest absolute Gasteiger partial charge is 0.381 e. The number of rotatable bonds is 8. The van der Waals surface area contributed by atoms with Gasteiger partial charge in [-0.3, -0.25) is 4.79 Å². The minimum atomic E-state index is -0.248. The molecule has 0 N–H and O–H groups in total. The lowest BCUT2D eigenvalue weighted by Crippen LogP contribution is -2.05. The quantitative estimate of drug-likeness (QED) is 0.686. The molecule has 0 aliphatic carbocycles. The monoisotopic (exact) mass is 329 g/mol. The highest BCUT2D eigenvalue weighted by Crippen LogP contribution is 2.22. The molecule has 1 aliphatic rings. The lowest BCUT2D eigenvalue weighted by molar-refractivity contribution is 0.0342. The summed E-state index contributed by atoms with van der Waals surface area (Å²) in [5.41, 5.74) is 1.48. The number of hydrogen-bond donors (Lipinski definition) is 0. The fourth-order valence-electron chi connectivity index (χ4n) is 2.76. The molecule has 3 rings (SSSR count). The number of nitrogens with zero attached hydrogens (tertiary/aromatic N) is 1. The summed E-state index contributed by atoms with van der Waals surface area (Å²) in [7, 11) is 0. The van der Waals surface area contributed by atoms with Gasteiger partial charge in [0.15, 0.2) is 11.5 Å². The Morgan fingerprint density at radius 3 is 2.96 bits per heavy atom. The molecule has 1 aromatic carbocycles. The third-order valence-electron chi connectivity index (χ3n) is 4.36. The summed E-state index contributed by atoms with van der Waals surface area (Å²) in [5.74, 6) is 1.10. The van der Waals surface area contributed by atoms with Crippen LogP contribution in [0.5, 0.6) is 0 Å². The third kappa shape index (κ3) is 4.52. The predicted octanol–water partition coefficient (Wildman–Crippen LogP) is 3.95. The zero-order valence-electron chi connectivity index (χ0n) is 13.9. The van der Waals surface area contributed by atoms with Crippen molar-refractivity contribution in [1.29, 1.82) is 0 Å².